The lowest BCUT2D eigenvalue weighted by molar-refractivity contribution is 0.0957. The topological polar surface area (TPSA) is 61.6 Å². The number of hydrogen-bond acceptors (Lipinski definition) is 5. The molecule has 1 aromatic heterocycles. The standard InChI is InChI=1S/C15H24N4OS/c1-10-11(7-14(21-10)15(20)17-16)8-19-6-5-12-3-4-13(9-19)18(12)2/h7,12-13H,3-6,8-9,16H2,1-2H3,(H,17,20). The number of hydrazine groups is 1. The number of likely N-dealkylation sites (N-methyl/N-ethyl adjacent to an activating group) is 1. The molecule has 2 saturated heterocycles. The molecule has 2 aliphatic heterocycles. The number of thiophene rings is 1. The third kappa shape index (κ3) is 2.99. The van der Waals surface area contributed by atoms with Gasteiger partial charge in [0, 0.05) is 36.6 Å². The molecule has 2 atom stereocenters. The van der Waals surface area contributed by atoms with E-state index in [1.165, 1.54) is 41.0 Å². The van der Waals surface area contributed by atoms with Crippen molar-refractivity contribution < 1.29 is 4.79 Å². The van der Waals surface area contributed by atoms with Gasteiger partial charge >= 0.3 is 0 Å². The number of likely N-dealkylation sites (tertiary alicyclic amines) is 1. The molecule has 2 aliphatic rings. The monoisotopic (exact) mass is 308 g/mol. The molecule has 1 aromatic rings. The molecule has 0 aromatic carbocycles. The number of fused-ring (bicyclic) bond motifs is 2. The second kappa shape index (κ2) is 6.04. The molecule has 5 nitrogen and oxygen atoms in total. The minimum Gasteiger partial charge on any atom is -0.299 e. The Morgan fingerprint density at radius 1 is 1.43 bits per heavy atom. The van der Waals surface area contributed by atoms with Gasteiger partial charge in [-0.3, -0.25) is 20.0 Å². The van der Waals surface area contributed by atoms with E-state index in [4.69, 9.17) is 5.84 Å². The van der Waals surface area contributed by atoms with Crippen LogP contribution in [0.25, 0.3) is 0 Å². The van der Waals surface area contributed by atoms with Crippen molar-refractivity contribution in [3.63, 3.8) is 0 Å². The van der Waals surface area contributed by atoms with E-state index in [2.05, 4.69) is 29.2 Å². The number of carbonyl (C=O) groups excluding carboxylic acids is 1. The van der Waals surface area contributed by atoms with Crippen LogP contribution in [0.3, 0.4) is 0 Å². The number of hydrogen-bond donors (Lipinski definition) is 2. The van der Waals surface area contributed by atoms with Crippen LogP contribution in [0, 0.1) is 6.92 Å². The van der Waals surface area contributed by atoms with Crippen molar-refractivity contribution in [3.8, 4) is 0 Å². The molecule has 3 heterocycles. The summed E-state index contributed by atoms with van der Waals surface area (Å²) in [6, 6.07) is 3.46. The summed E-state index contributed by atoms with van der Waals surface area (Å²) < 4.78 is 0. The summed E-state index contributed by atoms with van der Waals surface area (Å²) in [6.07, 6.45) is 3.93. The second-order valence-electron chi connectivity index (χ2n) is 6.24. The van der Waals surface area contributed by atoms with Crippen molar-refractivity contribution in [3.05, 3.63) is 21.4 Å². The lowest BCUT2D eigenvalue weighted by Crippen LogP contribution is -2.36. The molecule has 2 bridgehead atoms. The van der Waals surface area contributed by atoms with Crippen molar-refractivity contribution in [2.24, 2.45) is 5.84 Å². The van der Waals surface area contributed by atoms with Gasteiger partial charge in [-0.1, -0.05) is 0 Å². The van der Waals surface area contributed by atoms with Gasteiger partial charge < -0.3 is 0 Å². The first kappa shape index (κ1) is 15.0. The maximum absolute atomic E-state index is 11.6. The summed E-state index contributed by atoms with van der Waals surface area (Å²) in [5, 5.41) is 0. The summed E-state index contributed by atoms with van der Waals surface area (Å²) in [5.41, 5.74) is 3.48. The Morgan fingerprint density at radius 3 is 2.95 bits per heavy atom. The molecule has 0 spiro atoms. The summed E-state index contributed by atoms with van der Waals surface area (Å²) in [7, 11) is 2.27. The zero-order valence-corrected chi connectivity index (χ0v) is 13.6. The first-order chi connectivity index (χ1) is 10.1. The summed E-state index contributed by atoms with van der Waals surface area (Å²) >= 11 is 1.53. The Kier molecular flexibility index (Phi) is 4.31. The fourth-order valence-corrected chi connectivity index (χ4v) is 4.56. The van der Waals surface area contributed by atoms with Crippen molar-refractivity contribution in [1.29, 1.82) is 0 Å². The van der Waals surface area contributed by atoms with Gasteiger partial charge in [0.05, 0.1) is 4.88 Å². The Labute approximate surface area is 130 Å². The molecule has 0 saturated carbocycles. The molecular weight excluding hydrogens is 284 g/mol. The predicted octanol–water partition coefficient (Wildman–Crippen LogP) is 1.33. The van der Waals surface area contributed by atoms with E-state index in [0.29, 0.717) is 10.9 Å². The lowest BCUT2D eigenvalue weighted by atomic mass is 10.1. The smallest absolute Gasteiger partial charge is 0.275 e. The first-order valence-corrected chi connectivity index (χ1v) is 8.44. The van der Waals surface area contributed by atoms with Crippen molar-refractivity contribution in [2.75, 3.05) is 20.1 Å². The Bertz CT molecular complexity index is 530. The molecule has 0 aliphatic carbocycles. The van der Waals surface area contributed by atoms with E-state index in [1.54, 1.807) is 0 Å². The number of amides is 1. The van der Waals surface area contributed by atoms with E-state index < -0.39 is 0 Å². The average Bonchev–Trinajstić information content (AvgIpc) is 2.93. The van der Waals surface area contributed by atoms with Crippen LogP contribution in [-0.2, 0) is 6.54 Å². The fraction of sp³-hybridized carbons (Fsp3) is 0.667. The Balaban J connectivity index is 1.69. The normalized spacial score (nSPS) is 26.8. The van der Waals surface area contributed by atoms with Gasteiger partial charge in [-0.2, -0.15) is 0 Å². The van der Waals surface area contributed by atoms with Crippen molar-refractivity contribution >= 4 is 17.2 Å². The molecule has 3 N–H and O–H groups in total. The molecule has 116 valence electrons. The maximum atomic E-state index is 11.6. The van der Waals surface area contributed by atoms with Gasteiger partial charge in [-0.15, -0.1) is 11.3 Å². The highest BCUT2D eigenvalue weighted by Crippen LogP contribution is 2.30. The second-order valence-corrected chi connectivity index (χ2v) is 7.50. The minimum atomic E-state index is -0.191. The molecular formula is C15H24N4OS. The van der Waals surface area contributed by atoms with E-state index in [1.807, 2.05) is 6.07 Å². The molecule has 3 rings (SSSR count). The quantitative estimate of drug-likeness (QED) is 0.502. The lowest BCUT2D eigenvalue weighted by Gasteiger charge is -2.25. The highest BCUT2D eigenvalue weighted by molar-refractivity contribution is 7.14. The van der Waals surface area contributed by atoms with Crippen LogP contribution in [0.1, 0.15) is 39.4 Å². The van der Waals surface area contributed by atoms with Crippen LogP contribution in [0.4, 0.5) is 0 Å². The number of nitrogens with zero attached hydrogens (tertiary/aromatic N) is 2. The van der Waals surface area contributed by atoms with E-state index in [9.17, 15) is 4.79 Å². The minimum absolute atomic E-state index is 0.191. The summed E-state index contributed by atoms with van der Waals surface area (Å²) in [4.78, 5) is 18.7. The van der Waals surface area contributed by atoms with E-state index in [0.717, 1.165) is 25.7 Å². The van der Waals surface area contributed by atoms with Gasteiger partial charge in [-0.25, -0.2) is 5.84 Å². The molecule has 2 fully saturated rings. The zero-order chi connectivity index (χ0) is 15.0. The van der Waals surface area contributed by atoms with Crippen LogP contribution in [0.5, 0.6) is 0 Å². The Morgan fingerprint density at radius 2 is 2.19 bits per heavy atom. The molecule has 1 amide bonds. The van der Waals surface area contributed by atoms with Crippen LogP contribution >= 0.6 is 11.3 Å². The number of carbonyl (C=O) groups is 1. The third-order valence-electron chi connectivity index (χ3n) is 5.00. The zero-order valence-electron chi connectivity index (χ0n) is 12.8. The third-order valence-corrected chi connectivity index (χ3v) is 6.09. The van der Waals surface area contributed by atoms with E-state index in [-0.39, 0.29) is 5.91 Å². The number of nitrogens with two attached hydrogens (primary N) is 1. The van der Waals surface area contributed by atoms with Crippen molar-refractivity contribution in [1.82, 2.24) is 15.2 Å². The fourth-order valence-electron chi connectivity index (χ4n) is 3.62. The highest BCUT2D eigenvalue weighted by atomic mass is 32.1. The van der Waals surface area contributed by atoms with Gasteiger partial charge in [0.25, 0.3) is 5.91 Å². The van der Waals surface area contributed by atoms with Gasteiger partial charge in [0.15, 0.2) is 0 Å². The Hall–Kier alpha value is -0.950. The SMILES string of the molecule is Cc1sc(C(=O)NN)cc1CN1CCC2CCC(C1)N2C. The van der Waals surface area contributed by atoms with Crippen LogP contribution in [0.15, 0.2) is 6.07 Å². The summed E-state index contributed by atoms with van der Waals surface area (Å²) in [6.45, 7) is 5.32. The maximum Gasteiger partial charge on any atom is 0.275 e. The number of rotatable bonds is 3. The average molecular weight is 308 g/mol. The highest BCUT2D eigenvalue weighted by Gasteiger charge is 2.34. The van der Waals surface area contributed by atoms with Crippen molar-refractivity contribution in [2.45, 2.75) is 44.8 Å². The molecule has 2 unspecified atom stereocenters. The van der Waals surface area contributed by atoms with Crippen LogP contribution in [-0.4, -0.2) is 47.9 Å². The van der Waals surface area contributed by atoms with Gasteiger partial charge in [0.1, 0.15) is 0 Å². The molecule has 6 heteroatoms. The first-order valence-electron chi connectivity index (χ1n) is 7.63. The molecule has 0 radical (unpaired) electrons. The number of nitrogens with one attached hydrogen (secondary N) is 1. The van der Waals surface area contributed by atoms with Crippen LogP contribution in [0.2, 0.25) is 0 Å². The largest absolute Gasteiger partial charge is 0.299 e. The van der Waals surface area contributed by atoms with E-state index >= 15 is 0 Å². The van der Waals surface area contributed by atoms with Gasteiger partial charge in [-0.05, 0) is 44.9 Å². The summed E-state index contributed by atoms with van der Waals surface area (Å²) in [5.74, 6) is 5.03. The van der Waals surface area contributed by atoms with Gasteiger partial charge in [0.2, 0.25) is 0 Å². The molecule has 21 heavy (non-hydrogen) atoms. The van der Waals surface area contributed by atoms with Crippen LogP contribution < -0.4 is 11.3 Å². The number of aryl methyl sites for hydroxylation is 1. The predicted molar refractivity (Wildman–Crippen MR) is 85.2 cm³/mol. The number of nitrogen functional groups attached to an aromatic ring is 1.